The molecule has 0 radical (unpaired) electrons. The van der Waals surface area contributed by atoms with E-state index in [1.165, 1.54) is 12.1 Å². The molecule has 0 spiro atoms. The first kappa shape index (κ1) is 19.6. The Balaban J connectivity index is 1.63. The third kappa shape index (κ3) is 5.65. The lowest BCUT2D eigenvalue weighted by Crippen LogP contribution is -2.31. The number of hydrogen-bond acceptors (Lipinski definition) is 4. The van der Waals surface area contributed by atoms with Crippen LogP contribution in [0.5, 0.6) is 11.5 Å². The van der Waals surface area contributed by atoms with Crippen LogP contribution in [0.4, 0.5) is 4.39 Å². The third-order valence-corrected chi connectivity index (χ3v) is 4.71. The van der Waals surface area contributed by atoms with E-state index < -0.39 is 0 Å². The molecule has 2 aromatic rings. The minimum Gasteiger partial charge on any atom is -0.490 e. The summed E-state index contributed by atoms with van der Waals surface area (Å²) < 4.78 is 30.2. The van der Waals surface area contributed by atoms with Gasteiger partial charge in [-0.15, -0.1) is 0 Å². The van der Waals surface area contributed by atoms with Crippen molar-refractivity contribution in [1.29, 1.82) is 0 Å². The average Bonchev–Trinajstić information content (AvgIpc) is 3.20. The van der Waals surface area contributed by atoms with Crippen molar-refractivity contribution in [2.75, 3.05) is 19.8 Å². The lowest BCUT2D eigenvalue weighted by molar-refractivity contribution is 0.114. The second-order valence-corrected chi connectivity index (χ2v) is 6.76. The minimum atomic E-state index is -0.262. The minimum absolute atomic E-state index is 0.229. The molecule has 27 heavy (non-hydrogen) atoms. The molecule has 1 aliphatic heterocycles. The molecule has 3 rings (SSSR count). The van der Waals surface area contributed by atoms with Crippen molar-refractivity contribution in [2.45, 2.75) is 32.5 Å². The first-order chi connectivity index (χ1) is 13.2. The van der Waals surface area contributed by atoms with Gasteiger partial charge < -0.3 is 19.5 Å². The van der Waals surface area contributed by atoms with Gasteiger partial charge in [-0.2, -0.15) is 0 Å². The van der Waals surface area contributed by atoms with E-state index in [2.05, 4.69) is 5.32 Å². The molecule has 0 aromatic heterocycles. The number of ether oxygens (including phenoxy) is 3. The maximum atomic E-state index is 13.0. The zero-order chi connectivity index (χ0) is 19.1. The Bertz CT molecular complexity index is 761. The Kier molecular flexibility index (Phi) is 7.01. The lowest BCUT2D eigenvalue weighted by atomic mass is 10.2. The molecular formula is C21H24FNO3S. The first-order valence-electron chi connectivity index (χ1n) is 9.19. The SMILES string of the molecule is CCOc1cc(C(=S)NC[C@@H]2CCCO2)ccc1OCc1ccc(F)cc1. The summed E-state index contributed by atoms with van der Waals surface area (Å²) in [6, 6.07) is 11.9. The molecule has 0 saturated carbocycles. The molecule has 1 heterocycles. The molecule has 144 valence electrons. The zero-order valence-corrected chi connectivity index (χ0v) is 16.2. The van der Waals surface area contributed by atoms with Gasteiger partial charge in [-0.1, -0.05) is 24.4 Å². The highest BCUT2D eigenvalue weighted by Gasteiger charge is 2.16. The molecule has 2 aromatic carbocycles. The van der Waals surface area contributed by atoms with Crippen LogP contribution >= 0.6 is 12.2 Å². The van der Waals surface area contributed by atoms with Crippen LogP contribution in [0.2, 0.25) is 0 Å². The van der Waals surface area contributed by atoms with Gasteiger partial charge in [-0.3, -0.25) is 0 Å². The van der Waals surface area contributed by atoms with Gasteiger partial charge in [0, 0.05) is 18.7 Å². The Morgan fingerprint density at radius 2 is 2.00 bits per heavy atom. The smallest absolute Gasteiger partial charge is 0.161 e. The van der Waals surface area contributed by atoms with Crippen LogP contribution in [0.15, 0.2) is 42.5 Å². The van der Waals surface area contributed by atoms with Gasteiger partial charge >= 0.3 is 0 Å². The number of benzene rings is 2. The fourth-order valence-electron chi connectivity index (χ4n) is 2.89. The van der Waals surface area contributed by atoms with Crippen molar-refractivity contribution >= 4 is 17.2 Å². The molecule has 0 unspecified atom stereocenters. The molecule has 1 N–H and O–H groups in total. The van der Waals surface area contributed by atoms with Crippen molar-refractivity contribution in [3.63, 3.8) is 0 Å². The van der Waals surface area contributed by atoms with Gasteiger partial charge in [0.1, 0.15) is 17.4 Å². The number of nitrogens with one attached hydrogen (secondary N) is 1. The molecule has 1 atom stereocenters. The summed E-state index contributed by atoms with van der Waals surface area (Å²) in [4.78, 5) is 0.663. The molecule has 1 fully saturated rings. The summed E-state index contributed by atoms with van der Waals surface area (Å²) in [6.45, 7) is 4.32. The summed E-state index contributed by atoms with van der Waals surface area (Å²) in [5.41, 5.74) is 1.76. The van der Waals surface area contributed by atoms with Crippen LogP contribution in [0.1, 0.15) is 30.9 Å². The fraction of sp³-hybridized carbons (Fsp3) is 0.381. The normalized spacial score (nSPS) is 16.1. The van der Waals surface area contributed by atoms with E-state index in [-0.39, 0.29) is 11.9 Å². The van der Waals surface area contributed by atoms with E-state index in [0.29, 0.717) is 36.2 Å². The van der Waals surface area contributed by atoms with Gasteiger partial charge in [0.05, 0.1) is 12.7 Å². The predicted octanol–water partition coefficient (Wildman–Crippen LogP) is 4.25. The van der Waals surface area contributed by atoms with E-state index in [1.807, 2.05) is 25.1 Å². The zero-order valence-electron chi connectivity index (χ0n) is 15.4. The second kappa shape index (κ2) is 9.67. The maximum absolute atomic E-state index is 13.0. The van der Waals surface area contributed by atoms with Crippen molar-refractivity contribution in [2.24, 2.45) is 0 Å². The number of halogens is 1. The van der Waals surface area contributed by atoms with E-state index in [0.717, 1.165) is 30.6 Å². The van der Waals surface area contributed by atoms with Gasteiger partial charge in [0.25, 0.3) is 0 Å². The van der Waals surface area contributed by atoms with E-state index in [4.69, 9.17) is 26.4 Å². The molecular weight excluding hydrogens is 365 g/mol. The van der Waals surface area contributed by atoms with Crippen LogP contribution in [0.3, 0.4) is 0 Å². The Labute approximate surface area is 164 Å². The van der Waals surface area contributed by atoms with Crippen molar-refractivity contribution in [3.05, 3.63) is 59.4 Å². The molecule has 0 amide bonds. The topological polar surface area (TPSA) is 39.7 Å². The highest BCUT2D eigenvalue weighted by atomic mass is 32.1. The monoisotopic (exact) mass is 389 g/mol. The average molecular weight is 389 g/mol. The summed E-state index contributed by atoms with van der Waals surface area (Å²) in [5.74, 6) is 1.01. The number of thiocarbonyl (C=S) groups is 1. The van der Waals surface area contributed by atoms with Crippen LogP contribution in [-0.2, 0) is 11.3 Å². The standard InChI is InChI=1S/C21H24FNO3S/c1-2-24-20-12-16(21(27)23-13-18-4-3-11-25-18)7-10-19(20)26-14-15-5-8-17(22)9-6-15/h5-10,12,18H,2-4,11,13-14H2,1H3,(H,23,27)/t18-/m0/s1. The maximum Gasteiger partial charge on any atom is 0.161 e. The van der Waals surface area contributed by atoms with Gasteiger partial charge in [0.15, 0.2) is 11.5 Å². The van der Waals surface area contributed by atoms with Gasteiger partial charge in [-0.25, -0.2) is 4.39 Å². The van der Waals surface area contributed by atoms with Gasteiger partial charge in [0.2, 0.25) is 0 Å². The Morgan fingerprint density at radius 1 is 1.19 bits per heavy atom. The van der Waals surface area contributed by atoms with Crippen LogP contribution in [0.25, 0.3) is 0 Å². The highest BCUT2D eigenvalue weighted by Crippen LogP contribution is 2.29. The largest absolute Gasteiger partial charge is 0.490 e. The highest BCUT2D eigenvalue weighted by molar-refractivity contribution is 7.80. The molecule has 1 aliphatic rings. The summed E-state index contributed by atoms with van der Waals surface area (Å²) in [5, 5.41) is 3.27. The molecule has 0 aliphatic carbocycles. The Hall–Kier alpha value is -2.18. The van der Waals surface area contributed by atoms with Crippen LogP contribution < -0.4 is 14.8 Å². The van der Waals surface area contributed by atoms with E-state index in [1.54, 1.807) is 12.1 Å². The van der Waals surface area contributed by atoms with E-state index in [9.17, 15) is 4.39 Å². The second-order valence-electron chi connectivity index (χ2n) is 6.35. The summed E-state index contributed by atoms with van der Waals surface area (Å²) >= 11 is 5.50. The van der Waals surface area contributed by atoms with Crippen molar-refractivity contribution in [3.8, 4) is 11.5 Å². The molecule has 6 heteroatoms. The van der Waals surface area contributed by atoms with E-state index >= 15 is 0 Å². The van der Waals surface area contributed by atoms with Gasteiger partial charge in [-0.05, 0) is 55.7 Å². The molecule has 0 bridgehead atoms. The van der Waals surface area contributed by atoms with Crippen molar-refractivity contribution in [1.82, 2.24) is 5.32 Å². The van der Waals surface area contributed by atoms with Crippen LogP contribution in [0, 0.1) is 5.82 Å². The number of hydrogen-bond donors (Lipinski definition) is 1. The van der Waals surface area contributed by atoms with Crippen molar-refractivity contribution < 1.29 is 18.6 Å². The quantitative estimate of drug-likeness (QED) is 0.684. The lowest BCUT2D eigenvalue weighted by Gasteiger charge is -2.16. The molecule has 1 saturated heterocycles. The third-order valence-electron chi connectivity index (χ3n) is 4.33. The predicted molar refractivity (Wildman–Crippen MR) is 107 cm³/mol. The first-order valence-corrected chi connectivity index (χ1v) is 9.60. The fourth-order valence-corrected chi connectivity index (χ4v) is 3.10. The number of rotatable bonds is 8. The summed E-state index contributed by atoms with van der Waals surface area (Å²) in [7, 11) is 0. The Morgan fingerprint density at radius 3 is 2.70 bits per heavy atom. The van der Waals surface area contributed by atoms with Crippen LogP contribution in [-0.4, -0.2) is 30.9 Å². The molecule has 4 nitrogen and oxygen atoms in total. The summed E-state index contributed by atoms with van der Waals surface area (Å²) in [6.07, 6.45) is 2.40.